The zero-order valence-electron chi connectivity index (χ0n) is 14.6. The van der Waals surface area contributed by atoms with Gasteiger partial charge < -0.3 is 14.2 Å². The molecule has 5 heteroatoms. The first kappa shape index (κ1) is 15.8. The average molecular weight is 302 g/mol. The summed E-state index contributed by atoms with van der Waals surface area (Å²) in [5.74, 6) is 1.83. The van der Waals surface area contributed by atoms with Crippen LogP contribution < -0.4 is 10.4 Å². The molecule has 0 radical (unpaired) electrons. The Morgan fingerprint density at radius 2 is 1.86 bits per heavy atom. The molecule has 1 atom stereocenters. The van der Waals surface area contributed by atoms with Crippen molar-refractivity contribution in [3.8, 4) is 0 Å². The Morgan fingerprint density at radius 3 is 2.36 bits per heavy atom. The molecule has 0 aromatic carbocycles. The van der Waals surface area contributed by atoms with Gasteiger partial charge in [-0.05, 0) is 58.6 Å². The Balaban J connectivity index is 1.82. The third kappa shape index (κ3) is 2.65. The molecule has 1 aromatic rings. The second kappa shape index (κ2) is 5.24. The summed E-state index contributed by atoms with van der Waals surface area (Å²) >= 11 is 0. The van der Waals surface area contributed by atoms with Crippen LogP contribution >= 0.6 is 0 Å². The lowest BCUT2D eigenvalue weighted by molar-refractivity contribution is 0.00578. The predicted octanol–water partition coefficient (Wildman–Crippen LogP) is 2.54. The summed E-state index contributed by atoms with van der Waals surface area (Å²) in [5.41, 5.74) is 1.60. The Kier molecular flexibility index (Phi) is 3.77. The van der Waals surface area contributed by atoms with Crippen molar-refractivity contribution in [3.63, 3.8) is 0 Å². The average Bonchev–Trinajstić information content (AvgIpc) is 2.91. The van der Waals surface area contributed by atoms with E-state index < -0.39 is 0 Å². The monoisotopic (exact) mass is 302 g/mol. The van der Waals surface area contributed by atoms with E-state index in [0.29, 0.717) is 0 Å². The molecule has 2 saturated heterocycles. The fourth-order valence-corrected chi connectivity index (χ4v) is 3.08. The van der Waals surface area contributed by atoms with Crippen LogP contribution in [0.4, 0.5) is 5.82 Å². The summed E-state index contributed by atoms with van der Waals surface area (Å²) in [6.07, 6.45) is 3.18. The van der Waals surface area contributed by atoms with Gasteiger partial charge in [-0.15, -0.1) is 0 Å². The van der Waals surface area contributed by atoms with Crippen molar-refractivity contribution in [2.45, 2.75) is 59.2 Å². The van der Waals surface area contributed by atoms with Crippen LogP contribution in [0, 0.1) is 12.8 Å². The lowest BCUT2D eigenvalue weighted by Crippen LogP contribution is -2.41. The Labute approximate surface area is 134 Å². The van der Waals surface area contributed by atoms with Crippen LogP contribution in [-0.2, 0) is 9.31 Å². The molecule has 0 N–H and O–H groups in total. The molecule has 0 bridgehead atoms. The van der Waals surface area contributed by atoms with Crippen LogP contribution in [0.1, 0.15) is 46.6 Å². The zero-order chi connectivity index (χ0) is 16.1. The third-order valence-electron chi connectivity index (χ3n) is 5.39. The number of aromatic nitrogens is 1. The highest BCUT2D eigenvalue weighted by Gasteiger charge is 2.52. The van der Waals surface area contributed by atoms with Gasteiger partial charge >= 0.3 is 7.12 Å². The first-order chi connectivity index (χ1) is 10.2. The molecule has 0 aliphatic carbocycles. The van der Waals surface area contributed by atoms with Gasteiger partial charge in [0.25, 0.3) is 0 Å². The summed E-state index contributed by atoms with van der Waals surface area (Å²) in [4.78, 5) is 7.03. The highest BCUT2D eigenvalue weighted by atomic mass is 16.7. The molecule has 2 aliphatic heterocycles. The molecule has 2 fully saturated rings. The maximum atomic E-state index is 6.14. The van der Waals surface area contributed by atoms with Crippen molar-refractivity contribution < 1.29 is 9.31 Å². The number of hydrogen-bond acceptors (Lipinski definition) is 4. The Bertz CT molecular complexity index is 558. The van der Waals surface area contributed by atoms with E-state index in [1.54, 1.807) is 0 Å². The van der Waals surface area contributed by atoms with Gasteiger partial charge in [-0.2, -0.15) is 0 Å². The van der Waals surface area contributed by atoms with Gasteiger partial charge in [0.15, 0.2) is 0 Å². The van der Waals surface area contributed by atoms with E-state index in [1.165, 1.54) is 12.0 Å². The van der Waals surface area contributed by atoms with Gasteiger partial charge in [0.2, 0.25) is 0 Å². The summed E-state index contributed by atoms with van der Waals surface area (Å²) in [6.45, 7) is 14.9. The van der Waals surface area contributed by atoms with E-state index >= 15 is 0 Å². The molecule has 22 heavy (non-hydrogen) atoms. The van der Waals surface area contributed by atoms with E-state index in [-0.39, 0.29) is 18.3 Å². The van der Waals surface area contributed by atoms with Crippen LogP contribution in [0.3, 0.4) is 0 Å². The van der Waals surface area contributed by atoms with E-state index in [0.717, 1.165) is 30.3 Å². The first-order valence-corrected chi connectivity index (χ1v) is 8.27. The molecule has 120 valence electrons. The van der Waals surface area contributed by atoms with Crippen LogP contribution in [0.5, 0.6) is 0 Å². The molecule has 2 aliphatic rings. The maximum absolute atomic E-state index is 6.14. The van der Waals surface area contributed by atoms with Crippen LogP contribution in [0.2, 0.25) is 0 Å². The van der Waals surface area contributed by atoms with E-state index in [2.05, 4.69) is 57.5 Å². The van der Waals surface area contributed by atoms with Crippen molar-refractivity contribution in [3.05, 3.63) is 17.8 Å². The highest BCUT2D eigenvalue weighted by Crippen LogP contribution is 2.36. The minimum atomic E-state index is -0.330. The largest absolute Gasteiger partial charge is 0.496 e. The molecule has 3 rings (SSSR count). The number of nitrogens with zero attached hydrogens (tertiary/aromatic N) is 2. The number of aryl methyl sites for hydroxylation is 1. The van der Waals surface area contributed by atoms with Gasteiger partial charge in [-0.3, -0.25) is 0 Å². The predicted molar refractivity (Wildman–Crippen MR) is 90.7 cm³/mol. The van der Waals surface area contributed by atoms with Gasteiger partial charge in [0.1, 0.15) is 5.82 Å². The van der Waals surface area contributed by atoms with Gasteiger partial charge in [-0.25, -0.2) is 4.98 Å². The van der Waals surface area contributed by atoms with Crippen LogP contribution in [-0.4, -0.2) is 36.4 Å². The van der Waals surface area contributed by atoms with Gasteiger partial charge in [0, 0.05) is 24.7 Å². The normalized spacial score (nSPS) is 26.7. The standard InChI is InChI=1S/C17H27BN2O2/c1-12-7-8-20(11-12)15-9-13(2)14(10-19-15)18-21-16(3,4)17(5,6)22-18/h9-10,12H,7-8,11H2,1-6H3/t12-/m1/s1. The maximum Gasteiger partial charge on any atom is 0.496 e. The minimum absolute atomic E-state index is 0.312. The lowest BCUT2D eigenvalue weighted by Gasteiger charge is -2.32. The second-order valence-electron chi connectivity index (χ2n) is 7.83. The molecule has 0 amide bonds. The molecule has 0 saturated carbocycles. The third-order valence-corrected chi connectivity index (χ3v) is 5.39. The summed E-state index contributed by atoms with van der Waals surface area (Å²) in [6, 6.07) is 2.17. The number of rotatable bonds is 2. The Morgan fingerprint density at radius 1 is 1.23 bits per heavy atom. The zero-order valence-corrected chi connectivity index (χ0v) is 14.6. The van der Waals surface area contributed by atoms with E-state index in [1.807, 2.05) is 6.20 Å². The fraction of sp³-hybridized carbons (Fsp3) is 0.706. The molecule has 0 unspecified atom stereocenters. The van der Waals surface area contributed by atoms with Crippen molar-refractivity contribution in [1.82, 2.24) is 4.98 Å². The van der Waals surface area contributed by atoms with Crippen molar-refractivity contribution in [2.24, 2.45) is 5.92 Å². The number of anilines is 1. The van der Waals surface area contributed by atoms with Crippen molar-refractivity contribution in [1.29, 1.82) is 0 Å². The van der Waals surface area contributed by atoms with Crippen LogP contribution in [0.25, 0.3) is 0 Å². The minimum Gasteiger partial charge on any atom is -0.399 e. The molecule has 4 nitrogen and oxygen atoms in total. The smallest absolute Gasteiger partial charge is 0.399 e. The van der Waals surface area contributed by atoms with Crippen molar-refractivity contribution >= 4 is 18.4 Å². The van der Waals surface area contributed by atoms with Crippen molar-refractivity contribution in [2.75, 3.05) is 18.0 Å². The SMILES string of the molecule is Cc1cc(N2CC[C@@H](C)C2)ncc1B1OC(C)(C)C(C)(C)O1. The molecule has 0 spiro atoms. The lowest BCUT2D eigenvalue weighted by atomic mass is 9.77. The Hall–Kier alpha value is -1.07. The first-order valence-electron chi connectivity index (χ1n) is 8.27. The summed E-state index contributed by atoms with van der Waals surface area (Å²) in [7, 11) is -0.330. The quantitative estimate of drug-likeness (QED) is 0.786. The fourth-order valence-electron chi connectivity index (χ4n) is 3.08. The number of pyridine rings is 1. The molecular formula is C17H27BN2O2. The second-order valence-corrected chi connectivity index (χ2v) is 7.83. The molecule has 1 aromatic heterocycles. The van der Waals surface area contributed by atoms with E-state index in [9.17, 15) is 0 Å². The van der Waals surface area contributed by atoms with Gasteiger partial charge in [-0.1, -0.05) is 6.92 Å². The topological polar surface area (TPSA) is 34.6 Å². The molecular weight excluding hydrogens is 275 g/mol. The summed E-state index contributed by atoms with van der Waals surface area (Å²) in [5, 5.41) is 0. The van der Waals surface area contributed by atoms with Gasteiger partial charge in [0.05, 0.1) is 11.2 Å². The summed E-state index contributed by atoms with van der Waals surface area (Å²) < 4.78 is 12.3. The molecule has 3 heterocycles. The van der Waals surface area contributed by atoms with Crippen LogP contribution in [0.15, 0.2) is 12.3 Å². The number of hydrogen-bond donors (Lipinski definition) is 0. The highest BCUT2D eigenvalue weighted by molar-refractivity contribution is 6.62. The van der Waals surface area contributed by atoms with E-state index in [4.69, 9.17) is 9.31 Å².